The largest absolute Gasteiger partial charge is 0.389 e. The quantitative estimate of drug-likeness (QED) is 0.555. The highest BCUT2D eigenvalue weighted by Gasteiger charge is 2.17. The summed E-state index contributed by atoms with van der Waals surface area (Å²) in [5.41, 5.74) is 5.47. The van der Waals surface area contributed by atoms with Crippen molar-refractivity contribution in [2.75, 3.05) is 20.1 Å². The van der Waals surface area contributed by atoms with Gasteiger partial charge in [0.2, 0.25) is 10.0 Å². The van der Waals surface area contributed by atoms with Gasteiger partial charge in [-0.2, -0.15) is 0 Å². The van der Waals surface area contributed by atoms with Gasteiger partial charge in [-0.15, -0.1) is 11.3 Å². The van der Waals surface area contributed by atoms with E-state index >= 15 is 0 Å². The van der Waals surface area contributed by atoms with E-state index in [4.69, 9.17) is 18.0 Å². The Labute approximate surface area is 130 Å². The minimum Gasteiger partial charge on any atom is -0.389 e. The fourth-order valence-electron chi connectivity index (χ4n) is 1.46. The first-order valence-electron chi connectivity index (χ1n) is 6.33. The van der Waals surface area contributed by atoms with Gasteiger partial charge >= 0.3 is 0 Å². The molecular weight excluding hydrogens is 314 g/mol. The molecule has 114 valence electrons. The normalized spacial score (nSPS) is 12.2. The third kappa shape index (κ3) is 5.10. The van der Waals surface area contributed by atoms with E-state index in [-0.39, 0.29) is 9.20 Å². The minimum absolute atomic E-state index is 0.218. The molecule has 8 heteroatoms. The first-order valence-corrected chi connectivity index (χ1v) is 9.04. The number of nitrogens with zero attached hydrogens (tertiary/aromatic N) is 1. The highest BCUT2D eigenvalue weighted by atomic mass is 32.2. The summed E-state index contributed by atoms with van der Waals surface area (Å²) in [5.74, 6) is 0. The number of hydrogen-bond donors (Lipinski definition) is 2. The van der Waals surface area contributed by atoms with E-state index in [1.165, 1.54) is 6.07 Å². The van der Waals surface area contributed by atoms with Gasteiger partial charge in [0.25, 0.3) is 0 Å². The monoisotopic (exact) mass is 335 g/mol. The molecule has 1 aromatic heterocycles. The van der Waals surface area contributed by atoms with Crippen LogP contribution in [0, 0.1) is 0 Å². The fraction of sp³-hybridized carbons (Fsp3) is 0.583. The summed E-state index contributed by atoms with van der Waals surface area (Å²) in [5, 5.41) is 0. The van der Waals surface area contributed by atoms with Crippen molar-refractivity contribution in [1.82, 2.24) is 9.62 Å². The number of sulfonamides is 1. The molecule has 1 heterocycles. The minimum atomic E-state index is -3.46. The molecule has 0 aliphatic rings. The third-order valence-electron chi connectivity index (χ3n) is 2.95. The molecule has 0 saturated heterocycles. The average molecular weight is 336 g/mol. The van der Waals surface area contributed by atoms with E-state index in [1.807, 2.05) is 7.05 Å². The Morgan fingerprint density at radius 2 is 2.15 bits per heavy atom. The maximum absolute atomic E-state index is 12.0. The number of nitrogens with one attached hydrogen (secondary N) is 1. The predicted molar refractivity (Wildman–Crippen MR) is 87.8 cm³/mol. The van der Waals surface area contributed by atoms with Crippen LogP contribution in [0.2, 0.25) is 0 Å². The second kappa shape index (κ2) is 7.46. The van der Waals surface area contributed by atoms with Crippen LogP contribution in [-0.2, 0) is 10.0 Å². The zero-order chi connectivity index (χ0) is 15.3. The highest BCUT2D eigenvalue weighted by Crippen LogP contribution is 2.21. The lowest BCUT2D eigenvalue weighted by molar-refractivity contribution is 0.271. The number of thiocarbonyl (C=S) groups is 1. The zero-order valence-corrected chi connectivity index (χ0v) is 14.4. The molecule has 1 aromatic rings. The summed E-state index contributed by atoms with van der Waals surface area (Å²) >= 11 is 5.92. The number of thiophene rings is 1. The molecule has 0 aromatic carbocycles. The molecule has 0 aliphatic carbocycles. The number of nitrogens with two attached hydrogens (primary N) is 1. The molecule has 0 unspecified atom stereocenters. The molecule has 3 N–H and O–H groups in total. The average Bonchev–Trinajstić information content (AvgIpc) is 2.84. The molecule has 0 bridgehead atoms. The van der Waals surface area contributed by atoms with Gasteiger partial charge in [0.15, 0.2) is 0 Å². The Kier molecular flexibility index (Phi) is 6.53. The van der Waals surface area contributed by atoms with Gasteiger partial charge < -0.3 is 10.6 Å². The van der Waals surface area contributed by atoms with Crippen molar-refractivity contribution in [1.29, 1.82) is 0 Å². The molecule has 20 heavy (non-hydrogen) atoms. The zero-order valence-electron chi connectivity index (χ0n) is 11.9. The van der Waals surface area contributed by atoms with Gasteiger partial charge in [0, 0.05) is 12.6 Å². The molecule has 0 amide bonds. The van der Waals surface area contributed by atoms with Crippen LogP contribution in [0.4, 0.5) is 0 Å². The van der Waals surface area contributed by atoms with Crippen molar-refractivity contribution >= 4 is 38.6 Å². The molecule has 0 aliphatic heterocycles. The van der Waals surface area contributed by atoms with Crippen LogP contribution in [0.25, 0.3) is 0 Å². The van der Waals surface area contributed by atoms with Gasteiger partial charge in [-0.1, -0.05) is 12.2 Å². The second-order valence-corrected chi connectivity index (χ2v) is 8.33. The molecule has 0 spiro atoms. The van der Waals surface area contributed by atoms with Crippen LogP contribution in [0.3, 0.4) is 0 Å². The predicted octanol–water partition coefficient (Wildman–Crippen LogP) is 1.39. The Morgan fingerprint density at radius 1 is 1.50 bits per heavy atom. The standard InChI is InChI=1S/C12H21N3O2S3/c1-9(2)15(3)8-4-7-14-20(16,17)11-6-5-10(19-11)12(13)18/h5-6,9,14H,4,7-8H2,1-3H3,(H2,13,18). The van der Waals surface area contributed by atoms with Gasteiger partial charge in [-0.3, -0.25) is 0 Å². The van der Waals surface area contributed by atoms with E-state index in [1.54, 1.807) is 6.07 Å². The summed E-state index contributed by atoms with van der Waals surface area (Å²) in [7, 11) is -1.44. The van der Waals surface area contributed by atoms with Gasteiger partial charge in [-0.05, 0) is 46.0 Å². The van der Waals surface area contributed by atoms with Crippen LogP contribution >= 0.6 is 23.6 Å². The molecule has 0 atom stereocenters. The van der Waals surface area contributed by atoms with Gasteiger partial charge in [0.05, 0.1) is 4.88 Å². The van der Waals surface area contributed by atoms with Crippen LogP contribution in [0.5, 0.6) is 0 Å². The lowest BCUT2D eigenvalue weighted by Crippen LogP contribution is -2.31. The maximum Gasteiger partial charge on any atom is 0.250 e. The van der Waals surface area contributed by atoms with E-state index in [2.05, 4.69) is 23.5 Å². The summed E-state index contributed by atoms with van der Waals surface area (Å²) in [4.78, 5) is 3.00. The van der Waals surface area contributed by atoms with E-state index in [0.717, 1.165) is 24.3 Å². The summed E-state index contributed by atoms with van der Waals surface area (Å²) in [6.45, 7) is 5.47. The van der Waals surface area contributed by atoms with Crippen molar-refractivity contribution in [2.24, 2.45) is 5.73 Å². The molecule has 0 saturated carbocycles. The number of rotatable bonds is 8. The van der Waals surface area contributed by atoms with Gasteiger partial charge in [0.1, 0.15) is 9.20 Å². The Morgan fingerprint density at radius 3 is 2.65 bits per heavy atom. The van der Waals surface area contributed by atoms with Crippen molar-refractivity contribution in [3.8, 4) is 0 Å². The van der Waals surface area contributed by atoms with E-state index in [0.29, 0.717) is 17.5 Å². The first kappa shape index (κ1) is 17.5. The highest BCUT2D eigenvalue weighted by molar-refractivity contribution is 7.91. The van der Waals surface area contributed by atoms with Crippen LogP contribution in [0.1, 0.15) is 25.1 Å². The molecule has 0 radical (unpaired) electrons. The van der Waals surface area contributed by atoms with Crippen molar-refractivity contribution in [3.63, 3.8) is 0 Å². The van der Waals surface area contributed by atoms with Crippen LogP contribution in [-0.4, -0.2) is 44.5 Å². The summed E-state index contributed by atoms with van der Waals surface area (Å²) < 4.78 is 26.9. The Hall–Kier alpha value is -0.540. The molecule has 0 fully saturated rings. The van der Waals surface area contributed by atoms with Crippen LogP contribution in [0.15, 0.2) is 16.3 Å². The Bertz CT molecular complexity index is 552. The topological polar surface area (TPSA) is 75.4 Å². The third-order valence-corrected chi connectivity index (χ3v) is 6.37. The summed E-state index contributed by atoms with van der Waals surface area (Å²) in [6, 6.07) is 3.62. The first-order chi connectivity index (χ1) is 9.24. The van der Waals surface area contributed by atoms with Gasteiger partial charge in [-0.25, -0.2) is 13.1 Å². The molecule has 1 rings (SSSR count). The summed E-state index contributed by atoms with van der Waals surface area (Å²) in [6.07, 6.45) is 0.765. The smallest absolute Gasteiger partial charge is 0.250 e. The van der Waals surface area contributed by atoms with Crippen molar-refractivity contribution in [3.05, 3.63) is 17.0 Å². The van der Waals surface area contributed by atoms with E-state index < -0.39 is 10.0 Å². The second-order valence-electron chi connectivity index (χ2n) is 4.81. The van der Waals surface area contributed by atoms with Crippen LogP contribution < -0.4 is 10.5 Å². The number of hydrogen-bond acceptors (Lipinski definition) is 5. The Balaban J connectivity index is 2.51. The molecular formula is C12H21N3O2S3. The fourth-order valence-corrected chi connectivity index (χ4v) is 3.93. The van der Waals surface area contributed by atoms with Crippen molar-refractivity contribution in [2.45, 2.75) is 30.5 Å². The van der Waals surface area contributed by atoms with Crippen molar-refractivity contribution < 1.29 is 8.42 Å². The lowest BCUT2D eigenvalue weighted by atomic mass is 10.3. The molecule has 5 nitrogen and oxygen atoms in total. The SMILES string of the molecule is CC(C)N(C)CCCNS(=O)(=O)c1ccc(C(N)=S)s1. The maximum atomic E-state index is 12.0. The lowest BCUT2D eigenvalue weighted by Gasteiger charge is -2.20. The van der Waals surface area contributed by atoms with E-state index in [9.17, 15) is 8.42 Å².